The third-order valence-corrected chi connectivity index (χ3v) is 3.22. The van der Waals surface area contributed by atoms with Crippen LogP contribution >= 0.6 is 11.6 Å². The third kappa shape index (κ3) is 6.37. The number of unbranched alkanes of at least 4 members (excludes halogenated alkanes) is 1. The van der Waals surface area contributed by atoms with Gasteiger partial charge in [0.15, 0.2) is 0 Å². The fourth-order valence-corrected chi connectivity index (χ4v) is 2.02. The number of halogens is 1. The zero-order chi connectivity index (χ0) is 12.6. The van der Waals surface area contributed by atoms with Gasteiger partial charge in [0.1, 0.15) is 6.10 Å². The fourth-order valence-electron chi connectivity index (χ4n) is 1.87. The Hall–Kier alpha value is -0.240. The smallest absolute Gasteiger partial charge is 0.302 e. The quantitative estimate of drug-likeness (QED) is 0.476. The molecule has 0 bridgehead atoms. The lowest BCUT2D eigenvalue weighted by Gasteiger charge is -2.33. The molecule has 3 heteroatoms. The maximum Gasteiger partial charge on any atom is 0.302 e. The van der Waals surface area contributed by atoms with Crippen molar-refractivity contribution >= 4 is 17.6 Å². The molecule has 2 nitrogen and oxygen atoms in total. The van der Waals surface area contributed by atoms with Crippen molar-refractivity contribution in [1.29, 1.82) is 0 Å². The highest BCUT2D eigenvalue weighted by Gasteiger charge is 2.30. The second kappa shape index (κ2) is 7.94. The largest absolute Gasteiger partial charge is 0.462 e. The summed E-state index contributed by atoms with van der Waals surface area (Å²) < 4.78 is 5.42. The van der Waals surface area contributed by atoms with E-state index in [1.54, 1.807) is 0 Å². The first-order valence-electron chi connectivity index (χ1n) is 6.17. The molecule has 0 aliphatic heterocycles. The van der Waals surface area contributed by atoms with E-state index in [4.69, 9.17) is 16.3 Å². The SMILES string of the molecule is CCCCC(C)(C)C(CCCCl)OC(C)=O. The second-order valence-electron chi connectivity index (χ2n) is 5.02. The molecule has 0 aromatic rings. The Bertz CT molecular complexity index is 202. The Morgan fingerprint density at radius 1 is 1.38 bits per heavy atom. The van der Waals surface area contributed by atoms with Gasteiger partial charge in [0.05, 0.1) is 0 Å². The molecule has 0 saturated carbocycles. The van der Waals surface area contributed by atoms with Gasteiger partial charge in [-0.1, -0.05) is 33.6 Å². The summed E-state index contributed by atoms with van der Waals surface area (Å²) in [6.45, 7) is 7.99. The Kier molecular flexibility index (Phi) is 7.82. The van der Waals surface area contributed by atoms with Crippen LogP contribution in [0.3, 0.4) is 0 Å². The van der Waals surface area contributed by atoms with Crippen LogP contribution in [0.4, 0.5) is 0 Å². The number of carbonyl (C=O) groups is 1. The van der Waals surface area contributed by atoms with Crippen molar-refractivity contribution in [3.05, 3.63) is 0 Å². The van der Waals surface area contributed by atoms with Crippen molar-refractivity contribution in [3.8, 4) is 0 Å². The number of ether oxygens (including phenoxy) is 1. The highest BCUT2D eigenvalue weighted by molar-refractivity contribution is 6.17. The van der Waals surface area contributed by atoms with Gasteiger partial charge >= 0.3 is 5.97 Å². The molecule has 0 radical (unpaired) electrons. The summed E-state index contributed by atoms with van der Waals surface area (Å²) in [6.07, 6.45) is 5.19. The van der Waals surface area contributed by atoms with E-state index >= 15 is 0 Å². The fraction of sp³-hybridized carbons (Fsp3) is 0.923. The van der Waals surface area contributed by atoms with Crippen molar-refractivity contribution in [2.24, 2.45) is 5.41 Å². The first kappa shape index (κ1) is 15.8. The molecule has 0 fully saturated rings. The molecule has 0 aliphatic rings. The van der Waals surface area contributed by atoms with E-state index in [1.165, 1.54) is 19.8 Å². The topological polar surface area (TPSA) is 26.3 Å². The maximum absolute atomic E-state index is 11.1. The van der Waals surface area contributed by atoms with Crippen LogP contribution in [-0.2, 0) is 9.53 Å². The molecule has 96 valence electrons. The van der Waals surface area contributed by atoms with Crippen molar-refractivity contribution in [2.75, 3.05) is 5.88 Å². The summed E-state index contributed by atoms with van der Waals surface area (Å²) in [5, 5.41) is 0. The first-order chi connectivity index (χ1) is 7.44. The minimum absolute atomic E-state index is 0.00435. The number of alkyl halides is 1. The van der Waals surface area contributed by atoms with E-state index in [0.29, 0.717) is 5.88 Å². The number of carbonyl (C=O) groups excluding carboxylic acids is 1. The highest BCUT2D eigenvalue weighted by atomic mass is 35.5. The number of hydrogen-bond donors (Lipinski definition) is 0. The highest BCUT2D eigenvalue weighted by Crippen LogP contribution is 2.32. The molecule has 0 amide bonds. The average Bonchev–Trinajstić information content (AvgIpc) is 2.20. The Labute approximate surface area is 105 Å². The molecule has 0 rings (SSSR count). The van der Waals surface area contributed by atoms with Crippen molar-refractivity contribution in [3.63, 3.8) is 0 Å². The minimum atomic E-state index is -0.191. The van der Waals surface area contributed by atoms with Gasteiger partial charge in [-0.15, -0.1) is 11.6 Å². The van der Waals surface area contributed by atoms with E-state index in [1.807, 2.05) is 0 Å². The van der Waals surface area contributed by atoms with Crippen LogP contribution in [0.5, 0.6) is 0 Å². The molecule has 0 heterocycles. The number of rotatable bonds is 8. The predicted octanol–water partition coefficient (Wildman–Crippen LogP) is 4.15. The molecule has 16 heavy (non-hydrogen) atoms. The summed E-state index contributed by atoms with van der Waals surface area (Å²) in [5.74, 6) is 0.436. The molecule has 1 unspecified atom stereocenters. The zero-order valence-electron chi connectivity index (χ0n) is 11.0. The second-order valence-corrected chi connectivity index (χ2v) is 5.40. The first-order valence-corrected chi connectivity index (χ1v) is 6.70. The van der Waals surface area contributed by atoms with Crippen molar-refractivity contribution < 1.29 is 9.53 Å². The maximum atomic E-state index is 11.1. The van der Waals surface area contributed by atoms with Gasteiger partial charge < -0.3 is 4.74 Å². The van der Waals surface area contributed by atoms with Crippen LogP contribution in [0.15, 0.2) is 0 Å². The summed E-state index contributed by atoms with van der Waals surface area (Å²) in [7, 11) is 0. The standard InChI is InChI=1S/C13H25ClO2/c1-5-6-9-13(3,4)12(8-7-10-14)16-11(2)15/h12H,5-10H2,1-4H3. The van der Waals surface area contributed by atoms with Crippen LogP contribution in [-0.4, -0.2) is 18.0 Å². The minimum Gasteiger partial charge on any atom is -0.462 e. The van der Waals surface area contributed by atoms with Crippen molar-refractivity contribution in [2.45, 2.75) is 65.9 Å². The van der Waals surface area contributed by atoms with Crippen LogP contribution in [0.25, 0.3) is 0 Å². The van der Waals surface area contributed by atoms with Crippen LogP contribution < -0.4 is 0 Å². The lowest BCUT2D eigenvalue weighted by Crippen LogP contribution is -2.33. The molecule has 0 aliphatic carbocycles. The van der Waals surface area contributed by atoms with Gasteiger partial charge in [-0.25, -0.2) is 0 Å². The van der Waals surface area contributed by atoms with Crippen LogP contribution in [0, 0.1) is 5.41 Å². The molecule has 0 aromatic heterocycles. The summed E-state index contributed by atoms with van der Waals surface area (Å²) >= 11 is 5.70. The molecule has 0 spiro atoms. The summed E-state index contributed by atoms with van der Waals surface area (Å²) in [6, 6.07) is 0. The summed E-state index contributed by atoms with van der Waals surface area (Å²) in [4.78, 5) is 11.1. The Balaban J connectivity index is 4.38. The molecular formula is C13H25ClO2. The van der Waals surface area contributed by atoms with E-state index in [9.17, 15) is 4.79 Å². The van der Waals surface area contributed by atoms with Gasteiger partial charge in [0.2, 0.25) is 0 Å². The number of hydrogen-bond acceptors (Lipinski definition) is 2. The van der Waals surface area contributed by atoms with E-state index in [0.717, 1.165) is 19.3 Å². The third-order valence-electron chi connectivity index (χ3n) is 2.95. The van der Waals surface area contributed by atoms with Gasteiger partial charge in [-0.2, -0.15) is 0 Å². The van der Waals surface area contributed by atoms with E-state index in [-0.39, 0.29) is 17.5 Å². The van der Waals surface area contributed by atoms with Crippen LogP contribution in [0.1, 0.15) is 59.8 Å². The zero-order valence-corrected chi connectivity index (χ0v) is 11.8. The van der Waals surface area contributed by atoms with Crippen molar-refractivity contribution in [1.82, 2.24) is 0 Å². The molecule has 0 saturated heterocycles. The molecular weight excluding hydrogens is 224 g/mol. The molecule has 1 atom stereocenters. The lowest BCUT2D eigenvalue weighted by molar-refractivity contribution is -0.153. The number of esters is 1. The van der Waals surface area contributed by atoms with E-state index in [2.05, 4.69) is 20.8 Å². The lowest BCUT2D eigenvalue weighted by atomic mass is 9.79. The van der Waals surface area contributed by atoms with Crippen LogP contribution in [0.2, 0.25) is 0 Å². The van der Waals surface area contributed by atoms with Gasteiger partial charge in [-0.05, 0) is 19.3 Å². The Morgan fingerprint density at radius 3 is 2.44 bits per heavy atom. The normalized spacial score (nSPS) is 13.6. The van der Waals surface area contributed by atoms with E-state index < -0.39 is 0 Å². The monoisotopic (exact) mass is 248 g/mol. The van der Waals surface area contributed by atoms with Gasteiger partial charge in [0.25, 0.3) is 0 Å². The summed E-state index contributed by atoms with van der Waals surface area (Å²) in [5.41, 5.74) is 0.0493. The molecule has 0 N–H and O–H groups in total. The van der Waals surface area contributed by atoms with Gasteiger partial charge in [0, 0.05) is 18.2 Å². The molecule has 0 aromatic carbocycles. The van der Waals surface area contributed by atoms with Gasteiger partial charge in [-0.3, -0.25) is 4.79 Å². The predicted molar refractivity (Wildman–Crippen MR) is 68.8 cm³/mol. The average molecular weight is 249 g/mol. The Morgan fingerprint density at radius 2 is 2.00 bits per heavy atom.